The Labute approximate surface area is 96.8 Å². The normalized spacial score (nSPS) is 11.9. The number of rotatable bonds is 6. The summed E-state index contributed by atoms with van der Waals surface area (Å²) in [5, 5.41) is 8.79. The zero-order valence-electron chi connectivity index (χ0n) is 9.05. The lowest BCUT2D eigenvalue weighted by molar-refractivity contribution is -0.147. The van der Waals surface area contributed by atoms with E-state index in [0.717, 1.165) is 12.1 Å². The summed E-state index contributed by atoms with van der Waals surface area (Å²) < 4.78 is 22.7. The number of aliphatic carboxylic acids is 1. The Kier molecular flexibility index (Phi) is 4.59. The topological polar surface area (TPSA) is 72.8 Å². The third kappa shape index (κ3) is 3.84. The molecule has 0 aliphatic carbocycles. The third-order valence-electron chi connectivity index (χ3n) is 1.90. The molecule has 92 valence electrons. The molecular formula is C11H11FO5. The molecule has 1 atom stereocenters. The van der Waals surface area contributed by atoms with Crippen LogP contribution in [0, 0.1) is 5.82 Å². The van der Waals surface area contributed by atoms with E-state index in [9.17, 15) is 14.0 Å². The van der Waals surface area contributed by atoms with Gasteiger partial charge in [0.05, 0.1) is 6.61 Å². The highest BCUT2D eigenvalue weighted by molar-refractivity contribution is 5.76. The molecule has 6 heteroatoms. The monoisotopic (exact) mass is 242 g/mol. The van der Waals surface area contributed by atoms with E-state index in [1.165, 1.54) is 13.2 Å². The lowest BCUT2D eigenvalue weighted by atomic mass is 10.2. The quantitative estimate of drug-likeness (QED) is 0.756. The fourth-order valence-corrected chi connectivity index (χ4v) is 1.19. The highest BCUT2D eigenvalue weighted by atomic mass is 19.1. The van der Waals surface area contributed by atoms with Crippen molar-refractivity contribution in [3.63, 3.8) is 0 Å². The van der Waals surface area contributed by atoms with E-state index in [1.807, 2.05) is 0 Å². The first kappa shape index (κ1) is 13.1. The van der Waals surface area contributed by atoms with Crippen LogP contribution in [0.1, 0.15) is 10.4 Å². The third-order valence-corrected chi connectivity index (χ3v) is 1.90. The maximum Gasteiger partial charge on any atom is 0.347 e. The molecule has 0 aliphatic heterocycles. The molecule has 17 heavy (non-hydrogen) atoms. The average Bonchev–Trinajstić information content (AvgIpc) is 2.27. The van der Waals surface area contributed by atoms with Crippen LogP contribution in [-0.2, 0) is 9.53 Å². The Morgan fingerprint density at radius 3 is 2.76 bits per heavy atom. The van der Waals surface area contributed by atoms with Crippen LogP contribution in [0.4, 0.5) is 4.39 Å². The number of ether oxygens (including phenoxy) is 2. The van der Waals surface area contributed by atoms with E-state index < -0.39 is 17.9 Å². The van der Waals surface area contributed by atoms with Crippen molar-refractivity contribution in [2.45, 2.75) is 6.10 Å². The van der Waals surface area contributed by atoms with E-state index in [2.05, 4.69) is 4.74 Å². The van der Waals surface area contributed by atoms with Crippen LogP contribution in [0.5, 0.6) is 5.75 Å². The van der Waals surface area contributed by atoms with Crippen molar-refractivity contribution in [3.8, 4) is 5.75 Å². The number of carboxylic acid groups (broad SMARTS) is 1. The summed E-state index contributed by atoms with van der Waals surface area (Å²) in [6, 6.07) is 3.27. The van der Waals surface area contributed by atoms with Gasteiger partial charge in [-0.25, -0.2) is 9.18 Å². The van der Waals surface area contributed by atoms with Gasteiger partial charge < -0.3 is 14.6 Å². The van der Waals surface area contributed by atoms with Crippen LogP contribution in [0.25, 0.3) is 0 Å². The van der Waals surface area contributed by atoms with Gasteiger partial charge in [-0.1, -0.05) is 0 Å². The molecule has 1 rings (SSSR count). The zero-order chi connectivity index (χ0) is 12.8. The summed E-state index contributed by atoms with van der Waals surface area (Å²) >= 11 is 0. The van der Waals surface area contributed by atoms with Crippen molar-refractivity contribution in [1.82, 2.24) is 0 Å². The van der Waals surface area contributed by atoms with Gasteiger partial charge >= 0.3 is 5.97 Å². The fraction of sp³-hybridized carbons (Fsp3) is 0.273. The summed E-state index contributed by atoms with van der Waals surface area (Å²) in [4.78, 5) is 21.3. The first-order valence-electron chi connectivity index (χ1n) is 4.71. The van der Waals surface area contributed by atoms with Gasteiger partial charge in [0.1, 0.15) is 17.9 Å². The van der Waals surface area contributed by atoms with Crippen molar-refractivity contribution in [3.05, 3.63) is 29.6 Å². The summed E-state index contributed by atoms with van der Waals surface area (Å²) in [7, 11) is 1.32. The van der Waals surface area contributed by atoms with Crippen LogP contribution >= 0.6 is 0 Å². The Hall–Kier alpha value is -1.95. The van der Waals surface area contributed by atoms with Crippen LogP contribution in [0.15, 0.2) is 18.2 Å². The molecule has 0 amide bonds. The second-order valence-electron chi connectivity index (χ2n) is 3.24. The van der Waals surface area contributed by atoms with Crippen molar-refractivity contribution >= 4 is 12.3 Å². The molecule has 5 nitrogen and oxygen atoms in total. The van der Waals surface area contributed by atoms with Crippen LogP contribution in [-0.4, -0.2) is 37.2 Å². The Morgan fingerprint density at radius 1 is 1.53 bits per heavy atom. The maximum atomic E-state index is 13.0. The van der Waals surface area contributed by atoms with Crippen molar-refractivity contribution < 1.29 is 28.6 Å². The average molecular weight is 242 g/mol. The van der Waals surface area contributed by atoms with Gasteiger partial charge in [-0.3, -0.25) is 4.79 Å². The zero-order valence-corrected chi connectivity index (χ0v) is 9.05. The Bertz CT molecular complexity index is 418. The summed E-state index contributed by atoms with van der Waals surface area (Å²) in [5.41, 5.74) is 0.0709. The van der Waals surface area contributed by atoms with E-state index >= 15 is 0 Å². The predicted octanol–water partition coefficient (Wildman–Crippen LogP) is 1.12. The van der Waals surface area contributed by atoms with Crippen molar-refractivity contribution in [1.29, 1.82) is 0 Å². The molecule has 0 aromatic heterocycles. The van der Waals surface area contributed by atoms with E-state index in [0.29, 0.717) is 6.29 Å². The van der Waals surface area contributed by atoms with Crippen LogP contribution in [0.3, 0.4) is 0 Å². The van der Waals surface area contributed by atoms with Gasteiger partial charge in [-0.05, 0) is 12.1 Å². The summed E-state index contributed by atoms with van der Waals surface area (Å²) in [6.45, 7) is -0.178. The minimum atomic E-state index is -1.25. The minimum absolute atomic E-state index is 0.0310. The number of carboxylic acids is 1. The molecule has 0 fully saturated rings. The standard InChI is InChI=1S/C11H11FO5/c1-16-6-10(11(14)15)17-9-3-7(5-13)2-8(12)4-9/h2-5,10H,6H2,1H3,(H,14,15). The number of carbonyl (C=O) groups is 2. The number of hydrogen-bond donors (Lipinski definition) is 1. The van der Waals surface area contributed by atoms with Gasteiger partial charge in [-0.2, -0.15) is 0 Å². The minimum Gasteiger partial charge on any atom is -0.478 e. The molecule has 0 radical (unpaired) electrons. The van der Waals surface area contributed by atoms with Crippen LogP contribution in [0.2, 0.25) is 0 Å². The number of benzene rings is 1. The summed E-state index contributed by atoms with van der Waals surface area (Å²) in [6.07, 6.45) is -0.802. The van der Waals surface area contributed by atoms with Gasteiger partial charge in [0.25, 0.3) is 0 Å². The lowest BCUT2D eigenvalue weighted by Crippen LogP contribution is -2.31. The molecule has 0 bridgehead atoms. The first-order chi connectivity index (χ1) is 8.06. The van der Waals surface area contributed by atoms with Gasteiger partial charge in [0.2, 0.25) is 6.10 Å². The molecule has 0 heterocycles. The molecule has 1 N–H and O–H groups in total. The maximum absolute atomic E-state index is 13.0. The fourth-order valence-electron chi connectivity index (χ4n) is 1.19. The molecule has 0 spiro atoms. The number of halogens is 1. The predicted molar refractivity (Wildman–Crippen MR) is 55.7 cm³/mol. The molecule has 1 unspecified atom stereocenters. The molecule has 1 aromatic rings. The first-order valence-corrected chi connectivity index (χ1v) is 4.71. The van der Waals surface area contributed by atoms with Gasteiger partial charge in [0, 0.05) is 18.7 Å². The highest BCUT2D eigenvalue weighted by Crippen LogP contribution is 2.17. The molecular weight excluding hydrogens is 231 g/mol. The smallest absolute Gasteiger partial charge is 0.347 e. The molecule has 1 aromatic carbocycles. The SMILES string of the molecule is COCC(Oc1cc(F)cc(C=O)c1)C(=O)O. The number of aldehydes is 1. The van der Waals surface area contributed by atoms with Gasteiger partial charge in [0.15, 0.2) is 0 Å². The van der Waals surface area contributed by atoms with E-state index in [1.54, 1.807) is 0 Å². The number of hydrogen-bond acceptors (Lipinski definition) is 4. The number of methoxy groups -OCH3 is 1. The lowest BCUT2D eigenvalue weighted by Gasteiger charge is -2.14. The second-order valence-corrected chi connectivity index (χ2v) is 3.24. The summed E-state index contributed by atoms with van der Waals surface area (Å²) in [5.74, 6) is -1.94. The molecule has 0 saturated carbocycles. The molecule has 0 aliphatic rings. The second kappa shape index (κ2) is 5.95. The van der Waals surface area contributed by atoms with E-state index in [-0.39, 0.29) is 17.9 Å². The Balaban J connectivity index is 2.88. The van der Waals surface area contributed by atoms with Crippen LogP contribution < -0.4 is 4.74 Å². The van der Waals surface area contributed by atoms with Gasteiger partial charge in [-0.15, -0.1) is 0 Å². The van der Waals surface area contributed by atoms with Crippen molar-refractivity contribution in [2.24, 2.45) is 0 Å². The number of carbonyl (C=O) groups excluding carboxylic acids is 1. The largest absolute Gasteiger partial charge is 0.478 e. The molecule has 0 saturated heterocycles. The van der Waals surface area contributed by atoms with E-state index in [4.69, 9.17) is 9.84 Å². The highest BCUT2D eigenvalue weighted by Gasteiger charge is 2.19. The Morgan fingerprint density at radius 2 is 2.24 bits per heavy atom. The van der Waals surface area contributed by atoms with Crippen molar-refractivity contribution in [2.75, 3.05) is 13.7 Å².